The Kier molecular flexibility index (Phi) is 1.94. The molecule has 0 aromatic heterocycles. The molecule has 86 valence electrons. The third-order valence-corrected chi connectivity index (χ3v) is 4.38. The molecule has 3 rings (SSSR count). The second-order valence-electron chi connectivity index (χ2n) is 4.96. The van der Waals surface area contributed by atoms with Crippen LogP contribution in [0.3, 0.4) is 0 Å². The zero-order valence-electron chi connectivity index (χ0n) is 8.69. The van der Waals surface area contributed by atoms with Gasteiger partial charge in [-0.15, -0.1) is 0 Å². The van der Waals surface area contributed by atoms with Gasteiger partial charge >= 0.3 is 0 Å². The average molecular weight is 244 g/mol. The number of nitrogens with two attached hydrogens (primary N) is 1. The summed E-state index contributed by atoms with van der Waals surface area (Å²) in [5.41, 5.74) is 5.70. The van der Waals surface area contributed by atoms with Crippen LogP contribution in [-0.4, -0.2) is 5.54 Å². The normalized spacial score (nSPS) is 24.2. The van der Waals surface area contributed by atoms with Gasteiger partial charge in [-0.1, -0.05) is 11.6 Å². The first-order chi connectivity index (χ1) is 7.50. The summed E-state index contributed by atoms with van der Waals surface area (Å²) in [4.78, 5) is 0. The molecule has 0 spiro atoms. The number of benzene rings is 1. The van der Waals surface area contributed by atoms with Crippen molar-refractivity contribution in [2.24, 2.45) is 5.73 Å². The van der Waals surface area contributed by atoms with Gasteiger partial charge in [0.25, 0.3) is 0 Å². The minimum Gasteiger partial charge on any atom is -0.324 e. The second-order valence-corrected chi connectivity index (χ2v) is 5.33. The fraction of sp³-hybridized carbons (Fsp3) is 0.500. The van der Waals surface area contributed by atoms with Gasteiger partial charge in [-0.25, -0.2) is 8.78 Å². The Morgan fingerprint density at radius 1 is 1.06 bits per heavy atom. The topological polar surface area (TPSA) is 26.0 Å². The third kappa shape index (κ3) is 1.19. The summed E-state index contributed by atoms with van der Waals surface area (Å²) in [6.07, 6.45) is 3.37. The van der Waals surface area contributed by atoms with Crippen LogP contribution in [0.1, 0.15) is 31.2 Å². The minimum absolute atomic E-state index is 0.0887. The molecule has 0 bridgehead atoms. The first-order valence-electron chi connectivity index (χ1n) is 5.43. The molecule has 0 saturated heterocycles. The molecule has 0 heterocycles. The maximum Gasteiger partial charge on any atom is 0.142 e. The summed E-state index contributed by atoms with van der Waals surface area (Å²) in [6.45, 7) is 0. The number of hydrogen-bond acceptors (Lipinski definition) is 1. The van der Waals surface area contributed by atoms with Crippen LogP contribution in [0.4, 0.5) is 8.78 Å². The lowest BCUT2D eigenvalue weighted by atomic mass is 9.85. The van der Waals surface area contributed by atoms with Gasteiger partial charge in [0.1, 0.15) is 11.6 Å². The van der Waals surface area contributed by atoms with Crippen LogP contribution in [0.2, 0.25) is 5.02 Å². The van der Waals surface area contributed by atoms with E-state index in [1.807, 2.05) is 0 Å². The van der Waals surface area contributed by atoms with Crippen molar-refractivity contribution < 1.29 is 8.78 Å². The van der Waals surface area contributed by atoms with Crippen LogP contribution in [0.25, 0.3) is 0 Å². The fourth-order valence-electron chi connectivity index (χ4n) is 2.70. The quantitative estimate of drug-likeness (QED) is 0.794. The minimum atomic E-state index is -0.561. The first kappa shape index (κ1) is 10.5. The zero-order chi connectivity index (χ0) is 11.6. The summed E-state index contributed by atoms with van der Waals surface area (Å²) in [6, 6.07) is 2.20. The van der Waals surface area contributed by atoms with E-state index in [0.29, 0.717) is 5.56 Å². The molecule has 0 unspecified atom stereocenters. The molecule has 2 aliphatic carbocycles. The zero-order valence-corrected chi connectivity index (χ0v) is 9.45. The van der Waals surface area contributed by atoms with Gasteiger partial charge in [0.15, 0.2) is 0 Å². The summed E-state index contributed by atoms with van der Waals surface area (Å²) in [7, 11) is 0. The lowest BCUT2D eigenvalue weighted by Crippen LogP contribution is -2.38. The molecule has 1 aromatic carbocycles. The maximum absolute atomic E-state index is 13.8. The Bertz CT molecular complexity index is 464. The van der Waals surface area contributed by atoms with E-state index in [1.165, 1.54) is 0 Å². The van der Waals surface area contributed by atoms with Crippen molar-refractivity contribution >= 4 is 11.6 Å². The molecule has 0 radical (unpaired) electrons. The van der Waals surface area contributed by atoms with Crippen molar-refractivity contribution in [2.45, 2.75) is 36.6 Å². The Morgan fingerprint density at radius 3 is 2.12 bits per heavy atom. The highest BCUT2D eigenvalue weighted by atomic mass is 35.5. The van der Waals surface area contributed by atoms with Gasteiger partial charge in [-0.3, -0.25) is 0 Å². The molecule has 16 heavy (non-hydrogen) atoms. The highest BCUT2D eigenvalue weighted by Crippen LogP contribution is 2.65. The van der Waals surface area contributed by atoms with Crippen LogP contribution in [0.5, 0.6) is 0 Å². The van der Waals surface area contributed by atoms with Gasteiger partial charge in [-0.2, -0.15) is 0 Å². The molecule has 1 aromatic rings. The molecule has 0 amide bonds. The van der Waals surface area contributed by atoms with E-state index in [1.54, 1.807) is 0 Å². The maximum atomic E-state index is 13.8. The van der Waals surface area contributed by atoms with Crippen LogP contribution in [0, 0.1) is 11.6 Å². The van der Waals surface area contributed by atoms with Crippen molar-refractivity contribution in [1.29, 1.82) is 0 Å². The average Bonchev–Trinajstić information content (AvgIpc) is 3.10. The molecule has 0 atom stereocenters. The highest BCUT2D eigenvalue weighted by Gasteiger charge is 2.65. The SMILES string of the molecule is NC1(C2(c3c(F)ccc(F)c3Cl)CC2)CC1. The van der Waals surface area contributed by atoms with Crippen LogP contribution in [0.15, 0.2) is 12.1 Å². The van der Waals surface area contributed by atoms with Gasteiger partial charge < -0.3 is 5.73 Å². The third-order valence-electron chi connectivity index (χ3n) is 4.01. The van der Waals surface area contributed by atoms with Gasteiger partial charge in [-0.05, 0) is 37.8 Å². The number of hydrogen-bond donors (Lipinski definition) is 1. The van der Waals surface area contributed by atoms with Crippen molar-refractivity contribution in [2.75, 3.05) is 0 Å². The van der Waals surface area contributed by atoms with E-state index in [0.717, 1.165) is 37.8 Å². The lowest BCUT2D eigenvalue weighted by molar-refractivity contribution is 0.468. The fourth-order valence-corrected chi connectivity index (χ4v) is 3.03. The van der Waals surface area contributed by atoms with E-state index < -0.39 is 17.0 Å². The van der Waals surface area contributed by atoms with Crippen LogP contribution in [-0.2, 0) is 5.41 Å². The molecule has 2 N–H and O–H groups in total. The molecule has 2 aliphatic rings. The van der Waals surface area contributed by atoms with E-state index in [9.17, 15) is 8.78 Å². The summed E-state index contributed by atoms with van der Waals surface area (Å²) < 4.78 is 27.2. The van der Waals surface area contributed by atoms with E-state index >= 15 is 0 Å². The van der Waals surface area contributed by atoms with Gasteiger partial charge in [0, 0.05) is 16.5 Å². The molecular weight excluding hydrogens is 232 g/mol. The Balaban J connectivity index is 2.17. The largest absolute Gasteiger partial charge is 0.324 e. The van der Waals surface area contributed by atoms with Crippen molar-refractivity contribution in [3.63, 3.8) is 0 Å². The Hall–Kier alpha value is -0.670. The van der Waals surface area contributed by atoms with Crippen LogP contribution >= 0.6 is 11.6 Å². The summed E-state index contributed by atoms with van der Waals surface area (Å²) in [5, 5.41) is -0.0887. The standard InChI is InChI=1S/C12H12ClF2N/c13-10-8(15)2-1-7(14)9(10)11(3-4-11)12(16)5-6-12/h1-2H,3-6,16H2. The van der Waals surface area contributed by atoms with E-state index in [2.05, 4.69) is 0 Å². The Morgan fingerprint density at radius 2 is 1.62 bits per heavy atom. The molecule has 2 fully saturated rings. The van der Waals surface area contributed by atoms with E-state index in [4.69, 9.17) is 17.3 Å². The summed E-state index contributed by atoms with van der Waals surface area (Å²) in [5.74, 6) is -0.991. The predicted octanol–water partition coefficient (Wildman–Crippen LogP) is 3.14. The molecule has 0 aliphatic heterocycles. The van der Waals surface area contributed by atoms with Crippen LogP contribution < -0.4 is 5.73 Å². The lowest BCUT2D eigenvalue weighted by Gasteiger charge is -2.25. The summed E-state index contributed by atoms with van der Waals surface area (Å²) >= 11 is 5.89. The molecule has 2 saturated carbocycles. The van der Waals surface area contributed by atoms with E-state index in [-0.39, 0.29) is 10.6 Å². The Labute approximate surface area is 97.6 Å². The number of rotatable bonds is 2. The number of halogens is 3. The van der Waals surface area contributed by atoms with Crippen molar-refractivity contribution in [1.82, 2.24) is 0 Å². The first-order valence-corrected chi connectivity index (χ1v) is 5.81. The van der Waals surface area contributed by atoms with Gasteiger partial charge in [0.05, 0.1) is 5.02 Å². The predicted molar refractivity (Wildman–Crippen MR) is 58.4 cm³/mol. The molecule has 4 heteroatoms. The van der Waals surface area contributed by atoms with Gasteiger partial charge in [0.2, 0.25) is 0 Å². The molecular formula is C12H12ClF2N. The highest BCUT2D eigenvalue weighted by molar-refractivity contribution is 6.31. The second kappa shape index (κ2) is 2.96. The van der Waals surface area contributed by atoms with Crippen molar-refractivity contribution in [3.05, 3.63) is 34.4 Å². The smallest absolute Gasteiger partial charge is 0.142 e. The van der Waals surface area contributed by atoms with Crippen molar-refractivity contribution in [3.8, 4) is 0 Å². The monoisotopic (exact) mass is 243 g/mol. The molecule has 1 nitrogen and oxygen atoms in total.